The van der Waals surface area contributed by atoms with Gasteiger partial charge in [-0.15, -0.1) is 0 Å². The Morgan fingerprint density at radius 2 is 2.06 bits per heavy atom. The summed E-state index contributed by atoms with van der Waals surface area (Å²) in [6.45, 7) is 2.83. The third kappa shape index (κ3) is 4.37. The highest BCUT2D eigenvalue weighted by Gasteiger charge is 2.26. The molecule has 1 unspecified atom stereocenters. The lowest BCUT2D eigenvalue weighted by Gasteiger charge is -2.18. The molecule has 4 nitrogen and oxygen atoms in total. The number of nitrogens with zero attached hydrogens (tertiary/aromatic N) is 2. The van der Waals surface area contributed by atoms with Crippen LogP contribution in [0, 0.1) is 17.2 Å². The molecule has 1 aliphatic carbocycles. The van der Waals surface area contributed by atoms with Gasteiger partial charge in [0.25, 0.3) is 0 Å². The van der Waals surface area contributed by atoms with Crippen LogP contribution in [-0.2, 0) is 19.4 Å². The molecule has 1 heterocycles. The summed E-state index contributed by atoms with van der Waals surface area (Å²) in [6, 6.07) is 15.5. The van der Waals surface area contributed by atoms with E-state index in [1.165, 1.54) is 43.4 Å². The van der Waals surface area contributed by atoms with Crippen molar-refractivity contribution in [3.8, 4) is 6.07 Å². The average molecular weight is 415 g/mol. The van der Waals surface area contributed by atoms with E-state index in [1.807, 2.05) is 30.3 Å². The summed E-state index contributed by atoms with van der Waals surface area (Å²) < 4.78 is 2.24. The summed E-state index contributed by atoms with van der Waals surface area (Å²) in [5.74, 6) is -0.237. The molecule has 0 saturated heterocycles. The molecule has 1 atom stereocenters. The molecule has 0 saturated carbocycles. The Hall–Kier alpha value is -3.06. The molecule has 0 amide bonds. The molecule has 0 aliphatic heterocycles. The van der Waals surface area contributed by atoms with Gasteiger partial charge in [0.2, 0.25) is 0 Å². The number of fused-ring (bicyclic) bond motifs is 3. The fourth-order valence-electron chi connectivity index (χ4n) is 5.18. The van der Waals surface area contributed by atoms with Gasteiger partial charge in [-0.3, -0.25) is 0 Å². The fourth-order valence-corrected chi connectivity index (χ4v) is 5.18. The number of nitriles is 1. The molecule has 1 N–H and O–H groups in total. The Labute approximate surface area is 184 Å². The molecule has 31 heavy (non-hydrogen) atoms. The molecule has 4 rings (SSSR count). The van der Waals surface area contributed by atoms with Crippen molar-refractivity contribution in [3.63, 3.8) is 0 Å². The van der Waals surface area contributed by atoms with Gasteiger partial charge in [-0.25, -0.2) is 4.79 Å². The Balaban J connectivity index is 1.83. The number of aryl methyl sites for hydroxylation is 1. The number of aromatic nitrogens is 1. The summed E-state index contributed by atoms with van der Waals surface area (Å²) in [5, 5.41) is 20.3. The number of hydrogen-bond acceptors (Lipinski definition) is 2. The SMILES string of the molecule is CCCCCC1CCCc2c(n(Cc3cccc(C#N)c3)c3c(C(=O)O)cccc23)C1. The van der Waals surface area contributed by atoms with Crippen molar-refractivity contribution in [2.45, 2.75) is 64.8 Å². The van der Waals surface area contributed by atoms with E-state index in [2.05, 4.69) is 23.6 Å². The van der Waals surface area contributed by atoms with E-state index in [1.54, 1.807) is 6.07 Å². The fraction of sp³-hybridized carbons (Fsp3) is 0.407. The topological polar surface area (TPSA) is 66.0 Å². The maximum absolute atomic E-state index is 12.1. The van der Waals surface area contributed by atoms with E-state index < -0.39 is 5.97 Å². The predicted molar refractivity (Wildman–Crippen MR) is 123 cm³/mol. The minimum Gasteiger partial charge on any atom is -0.478 e. The zero-order valence-corrected chi connectivity index (χ0v) is 18.2. The van der Waals surface area contributed by atoms with Crippen LogP contribution < -0.4 is 0 Å². The molecule has 3 aromatic rings. The van der Waals surface area contributed by atoms with Gasteiger partial charge in [-0.2, -0.15) is 5.26 Å². The summed E-state index contributed by atoms with van der Waals surface area (Å²) >= 11 is 0. The van der Waals surface area contributed by atoms with Gasteiger partial charge >= 0.3 is 5.97 Å². The second-order valence-corrected chi connectivity index (χ2v) is 8.79. The van der Waals surface area contributed by atoms with E-state index in [0.717, 1.165) is 35.7 Å². The van der Waals surface area contributed by atoms with Crippen LogP contribution in [-0.4, -0.2) is 15.6 Å². The number of para-hydroxylation sites is 1. The zero-order valence-electron chi connectivity index (χ0n) is 18.2. The molecule has 0 fully saturated rings. The molecule has 0 spiro atoms. The number of unbranched alkanes of at least 4 members (excludes halogenated alkanes) is 2. The molecular formula is C27H30N2O2. The molecule has 2 aromatic carbocycles. The van der Waals surface area contributed by atoms with Crippen LogP contribution in [0.25, 0.3) is 10.9 Å². The summed E-state index contributed by atoms with van der Waals surface area (Å²) in [5.41, 5.74) is 5.49. The first kappa shape index (κ1) is 21.2. The van der Waals surface area contributed by atoms with Crippen molar-refractivity contribution in [2.75, 3.05) is 0 Å². The first-order valence-electron chi connectivity index (χ1n) is 11.5. The van der Waals surface area contributed by atoms with Crippen molar-refractivity contribution in [1.29, 1.82) is 5.26 Å². The number of hydrogen-bond donors (Lipinski definition) is 1. The molecule has 160 valence electrons. The van der Waals surface area contributed by atoms with Gasteiger partial charge in [0.15, 0.2) is 0 Å². The van der Waals surface area contributed by atoms with E-state index in [9.17, 15) is 15.2 Å². The van der Waals surface area contributed by atoms with Crippen LogP contribution in [0.1, 0.15) is 78.2 Å². The minimum atomic E-state index is -0.884. The second-order valence-electron chi connectivity index (χ2n) is 8.79. The third-order valence-corrected chi connectivity index (χ3v) is 6.67. The van der Waals surface area contributed by atoms with Crippen molar-refractivity contribution in [2.24, 2.45) is 5.92 Å². The van der Waals surface area contributed by atoms with Crippen molar-refractivity contribution >= 4 is 16.9 Å². The van der Waals surface area contributed by atoms with Crippen molar-refractivity contribution in [1.82, 2.24) is 4.57 Å². The molecule has 0 radical (unpaired) electrons. The largest absolute Gasteiger partial charge is 0.478 e. The van der Waals surface area contributed by atoms with Crippen LogP contribution in [0.3, 0.4) is 0 Å². The first-order chi connectivity index (χ1) is 15.1. The minimum absolute atomic E-state index is 0.365. The van der Waals surface area contributed by atoms with Gasteiger partial charge in [-0.1, -0.05) is 56.9 Å². The lowest BCUT2D eigenvalue weighted by Crippen LogP contribution is -2.12. The van der Waals surface area contributed by atoms with Crippen molar-refractivity contribution < 1.29 is 9.90 Å². The highest BCUT2D eigenvalue weighted by molar-refractivity contribution is 6.04. The number of rotatable bonds is 7. The molecule has 4 heteroatoms. The van der Waals surface area contributed by atoms with Crippen LogP contribution in [0.5, 0.6) is 0 Å². The predicted octanol–water partition coefficient (Wildman–Crippen LogP) is 6.33. The number of aromatic carboxylic acids is 1. The Kier molecular flexibility index (Phi) is 6.42. The van der Waals surface area contributed by atoms with E-state index in [0.29, 0.717) is 23.6 Å². The first-order valence-corrected chi connectivity index (χ1v) is 11.5. The Morgan fingerprint density at radius 3 is 2.84 bits per heavy atom. The smallest absolute Gasteiger partial charge is 0.337 e. The standard InChI is InChI=1S/C27H30N2O2/c1-2-3-4-8-19-9-6-12-22-23-13-7-14-24(27(30)31)26(23)29(25(22)16-19)18-21-11-5-10-20(15-21)17-28/h5,7,10-11,13-15,19H,2-4,6,8-9,12,16,18H2,1H3,(H,30,31). The van der Waals surface area contributed by atoms with Crippen molar-refractivity contribution in [3.05, 3.63) is 70.4 Å². The third-order valence-electron chi connectivity index (χ3n) is 6.67. The molecule has 1 aliphatic rings. The number of carboxylic acid groups (broad SMARTS) is 1. The molecular weight excluding hydrogens is 384 g/mol. The number of carboxylic acids is 1. The van der Waals surface area contributed by atoms with Crippen LogP contribution in [0.15, 0.2) is 42.5 Å². The van der Waals surface area contributed by atoms with Crippen LogP contribution >= 0.6 is 0 Å². The normalized spacial score (nSPS) is 15.9. The van der Waals surface area contributed by atoms with Gasteiger partial charge in [0.05, 0.1) is 22.7 Å². The highest BCUT2D eigenvalue weighted by Crippen LogP contribution is 2.36. The Morgan fingerprint density at radius 1 is 1.23 bits per heavy atom. The quantitative estimate of drug-likeness (QED) is 0.363. The lowest BCUT2D eigenvalue weighted by molar-refractivity contribution is 0.0698. The van der Waals surface area contributed by atoms with Gasteiger partial charge in [-0.05, 0) is 60.9 Å². The zero-order chi connectivity index (χ0) is 21.8. The van der Waals surface area contributed by atoms with E-state index in [4.69, 9.17) is 0 Å². The van der Waals surface area contributed by atoms with Crippen LogP contribution in [0.2, 0.25) is 0 Å². The highest BCUT2D eigenvalue weighted by atomic mass is 16.4. The molecule has 1 aromatic heterocycles. The van der Waals surface area contributed by atoms with Gasteiger partial charge in [0, 0.05) is 17.6 Å². The van der Waals surface area contributed by atoms with E-state index in [-0.39, 0.29) is 0 Å². The van der Waals surface area contributed by atoms with E-state index >= 15 is 0 Å². The lowest BCUT2D eigenvalue weighted by atomic mass is 9.93. The summed E-state index contributed by atoms with van der Waals surface area (Å²) in [6.07, 6.45) is 9.42. The molecule has 0 bridgehead atoms. The monoisotopic (exact) mass is 414 g/mol. The maximum Gasteiger partial charge on any atom is 0.337 e. The second kappa shape index (κ2) is 9.39. The number of benzene rings is 2. The van der Waals surface area contributed by atoms with Crippen LogP contribution in [0.4, 0.5) is 0 Å². The Bertz CT molecular complexity index is 1140. The van der Waals surface area contributed by atoms with Gasteiger partial charge < -0.3 is 9.67 Å². The number of carbonyl (C=O) groups is 1. The van der Waals surface area contributed by atoms with Gasteiger partial charge in [0.1, 0.15) is 0 Å². The maximum atomic E-state index is 12.1. The average Bonchev–Trinajstić information content (AvgIpc) is 2.92. The summed E-state index contributed by atoms with van der Waals surface area (Å²) in [4.78, 5) is 12.1. The summed E-state index contributed by atoms with van der Waals surface area (Å²) in [7, 11) is 0.